The zero-order valence-corrected chi connectivity index (χ0v) is 27.0. The second kappa shape index (κ2) is 15.3. The first-order valence-electron chi connectivity index (χ1n) is 16.3. The highest BCUT2D eigenvalue weighted by molar-refractivity contribution is 5.90. The summed E-state index contributed by atoms with van der Waals surface area (Å²) >= 11 is 0. The minimum absolute atomic E-state index is 0.0815. The fourth-order valence-electron chi connectivity index (χ4n) is 5.67. The molecular weight excluding hydrogens is 612 g/mol. The molecule has 0 saturated heterocycles. The molecule has 0 unspecified atom stereocenters. The van der Waals surface area contributed by atoms with Gasteiger partial charge in [0.15, 0.2) is 23.4 Å². The molecule has 0 fully saturated rings. The number of Topliss-reactive ketones (excluding diaryl/α,β-unsaturated/α-hetero) is 1. The van der Waals surface area contributed by atoms with Crippen LogP contribution in [0.4, 0.5) is 0 Å². The zero-order chi connectivity index (χ0) is 33.3. The number of hydrogen-bond donors (Lipinski definition) is 0. The van der Waals surface area contributed by atoms with Crippen molar-refractivity contribution in [2.45, 2.75) is 39.0 Å². The lowest BCUT2D eigenvalue weighted by molar-refractivity contribution is -0.126. The van der Waals surface area contributed by atoms with E-state index < -0.39 is 6.10 Å². The highest BCUT2D eigenvalue weighted by atomic mass is 16.5. The summed E-state index contributed by atoms with van der Waals surface area (Å²) < 4.78 is 31.5. The van der Waals surface area contributed by atoms with Crippen LogP contribution in [0.5, 0.6) is 28.7 Å². The van der Waals surface area contributed by atoms with Crippen molar-refractivity contribution in [3.8, 4) is 28.7 Å². The lowest BCUT2D eigenvalue weighted by Crippen LogP contribution is -2.26. The van der Waals surface area contributed by atoms with Gasteiger partial charge in [-0.15, -0.1) is 0 Å². The number of ether oxygens (including phenoxy) is 5. The first kappa shape index (κ1) is 31.6. The van der Waals surface area contributed by atoms with Crippen LogP contribution >= 0.6 is 0 Å². The minimum atomic E-state index is -0.846. The van der Waals surface area contributed by atoms with Crippen LogP contribution < -0.4 is 23.7 Å². The summed E-state index contributed by atoms with van der Waals surface area (Å²) in [6.07, 6.45) is -0.698. The van der Waals surface area contributed by atoms with Gasteiger partial charge in [0.1, 0.15) is 43.7 Å². The van der Waals surface area contributed by atoms with Crippen LogP contribution in [0.25, 0.3) is 0 Å². The van der Waals surface area contributed by atoms with Crippen LogP contribution in [-0.2, 0) is 37.6 Å². The summed E-state index contributed by atoms with van der Waals surface area (Å²) in [5.41, 5.74) is 5.50. The van der Waals surface area contributed by atoms with Crippen LogP contribution in [0.2, 0.25) is 0 Å². The minimum Gasteiger partial charge on any atom is -0.489 e. The normalized spacial score (nSPS) is 13.6. The molecule has 6 aromatic carbocycles. The number of hydrogen-bond acceptors (Lipinski definition) is 6. The molecule has 6 heteroatoms. The lowest BCUT2D eigenvalue weighted by atomic mass is 9.95. The molecule has 0 N–H and O–H groups in total. The Morgan fingerprint density at radius 2 is 0.959 bits per heavy atom. The summed E-state index contributed by atoms with van der Waals surface area (Å²) in [4.78, 5) is 13.8. The summed E-state index contributed by atoms with van der Waals surface area (Å²) in [5.74, 6) is 2.74. The molecule has 6 nitrogen and oxygen atoms in total. The zero-order valence-electron chi connectivity index (χ0n) is 27.0. The van der Waals surface area contributed by atoms with Gasteiger partial charge < -0.3 is 23.7 Å². The third-order valence-corrected chi connectivity index (χ3v) is 8.26. The Morgan fingerprint density at radius 1 is 0.490 bits per heavy atom. The molecule has 1 atom stereocenters. The van der Waals surface area contributed by atoms with Crippen LogP contribution in [0, 0.1) is 0 Å². The fraction of sp³-hybridized carbons (Fsp3) is 0.140. The van der Waals surface area contributed by atoms with Crippen molar-refractivity contribution in [2.75, 3.05) is 0 Å². The van der Waals surface area contributed by atoms with E-state index in [0.29, 0.717) is 66.3 Å². The molecule has 0 aliphatic carbocycles. The third kappa shape index (κ3) is 8.11. The van der Waals surface area contributed by atoms with E-state index in [-0.39, 0.29) is 12.2 Å². The molecule has 1 heterocycles. The Bertz CT molecular complexity index is 1980. The Labute approximate surface area is 286 Å². The van der Waals surface area contributed by atoms with E-state index in [0.717, 1.165) is 22.3 Å². The molecule has 1 aliphatic rings. The van der Waals surface area contributed by atoms with Gasteiger partial charge >= 0.3 is 0 Å². The summed E-state index contributed by atoms with van der Waals surface area (Å²) in [7, 11) is 0. The maximum Gasteiger partial charge on any atom is 0.182 e. The van der Waals surface area contributed by atoms with E-state index in [2.05, 4.69) is 0 Å². The van der Waals surface area contributed by atoms with Crippen molar-refractivity contribution in [3.05, 3.63) is 185 Å². The van der Waals surface area contributed by atoms with Gasteiger partial charge in [-0.25, -0.2) is 0 Å². The highest BCUT2D eigenvalue weighted by Crippen LogP contribution is 2.43. The number of benzene rings is 6. The van der Waals surface area contributed by atoms with E-state index in [1.807, 2.05) is 152 Å². The van der Waals surface area contributed by atoms with Crippen LogP contribution in [0.15, 0.2) is 152 Å². The molecule has 0 bridgehead atoms. The van der Waals surface area contributed by atoms with Crippen molar-refractivity contribution in [1.29, 1.82) is 0 Å². The second-order valence-corrected chi connectivity index (χ2v) is 11.8. The topological polar surface area (TPSA) is 63.2 Å². The summed E-state index contributed by atoms with van der Waals surface area (Å²) in [5, 5.41) is 0. The Kier molecular flexibility index (Phi) is 9.84. The number of fused-ring (bicyclic) bond motifs is 1. The smallest absolute Gasteiger partial charge is 0.182 e. The van der Waals surface area contributed by atoms with Crippen LogP contribution in [-0.4, -0.2) is 5.78 Å². The first-order chi connectivity index (χ1) is 24.2. The van der Waals surface area contributed by atoms with E-state index >= 15 is 0 Å². The molecule has 0 saturated carbocycles. The van der Waals surface area contributed by atoms with Crippen molar-refractivity contribution in [2.24, 2.45) is 0 Å². The van der Waals surface area contributed by atoms with Crippen molar-refractivity contribution >= 4 is 5.78 Å². The second-order valence-electron chi connectivity index (χ2n) is 11.8. The lowest BCUT2D eigenvalue weighted by Gasteiger charge is -2.28. The van der Waals surface area contributed by atoms with Crippen LogP contribution in [0.3, 0.4) is 0 Å². The van der Waals surface area contributed by atoms with Gasteiger partial charge in [-0.3, -0.25) is 4.79 Å². The third-order valence-electron chi connectivity index (χ3n) is 8.26. The molecule has 0 spiro atoms. The van der Waals surface area contributed by atoms with Crippen LogP contribution in [0.1, 0.15) is 39.5 Å². The Balaban J connectivity index is 1.16. The number of carbonyl (C=O) groups excluding carboxylic acids is 1. The monoisotopic (exact) mass is 648 g/mol. The largest absolute Gasteiger partial charge is 0.489 e. The molecule has 0 amide bonds. The number of rotatable bonds is 13. The van der Waals surface area contributed by atoms with Gasteiger partial charge in [0.2, 0.25) is 0 Å². The van der Waals surface area contributed by atoms with Crippen molar-refractivity contribution in [3.63, 3.8) is 0 Å². The molecule has 1 aliphatic heterocycles. The summed E-state index contributed by atoms with van der Waals surface area (Å²) in [6, 6.07) is 49.0. The quantitative estimate of drug-likeness (QED) is 0.124. The predicted molar refractivity (Wildman–Crippen MR) is 188 cm³/mol. The molecular formula is C43H36O6. The van der Waals surface area contributed by atoms with Crippen molar-refractivity contribution in [1.82, 2.24) is 0 Å². The van der Waals surface area contributed by atoms with E-state index in [1.54, 1.807) is 0 Å². The fourth-order valence-corrected chi connectivity index (χ4v) is 5.67. The molecule has 7 rings (SSSR count). The van der Waals surface area contributed by atoms with Gasteiger partial charge in [0.05, 0.1) is 0 Å². The van der Waals surface area contributed by atoms with Gasteiger partial charge in [-0.1, -0.05) is 127 Å². The maximum absolute atomic E-state index is 13.8. The highest BCUT2D eigenvalue weighted by Gasteiger charge is 2.33. The van der Waals surface area contributed by atoms with Crippen molar-refractivity contribution < 1.29 is 28.5 Å². The Hall–Kier alpha value is -6.01. The van der Waals surface area contributed by atoms with E-state index in [4.69, 9.17) is 23.7 Å². The first-order valence-corrected chi connectivity index (χ1v) is 16.3. The number of carbonyl (C=O) groups is 1. The van der Waals surface area contributed by atoms with E-state index in [9.17, 15) is 4.79 Å². The standard InChI is InChI=1S/C43H36O6/c44-38-26-37-40(47-29-33-17-9-3-10-18-33)24-36(45-27-31-13-5-1-6-14-31)25-41(37)49-43(38)35-21-22-39(46-28-32-15-7-2-8-16-32)42(23-35)48-30-34-19-11-4-12-20-34/h1-25,43H,26-30H2/t43-/m1/s1. The SMILES string of the molecule is O=C1Cc2c(OCc3ccccc3)cc(OCc3ccccc3)cc2O[C@@H]1c1ccc(OCc2ccccc2)c(OCc2ccccc2)c1. The van der Waals surface area contributed by atoms with Gasteiger partial charge in [0.25, 0.3) is 0 Å². The average Bonchev–Trinajstić information content (AvgIpc) is 3.16. The maximum atomic E-state index is 13.8. The molecule has 0 aromatic heterocycles. The molecule has 6 aromatic rings. The average molecular weight is 649 g/mol. The number of ketones is 1. The Morgan fingerprint density at radius 3 is 1.49 bits per heavy atom. The summed E-state index contributed by atoms with van der Waals surface area (Å²) in [6.45, 7) is 1.45. The van der Waals surface area contributed by atoms with Gasteiger partial charge in [-0.05, 0) is 34.4 Å². The van der Waals surface area contributed by atoms with Gasteiger partial charge in [0, 0.05) is 29.7 Å². The molecule has 0 radical (unpaired) electrons. The van der Waals surface area contributed by atoms with E-state index in [1.165, 1.54) is 0 Å². The predicted octanol–water partition coefficient (Wildman–Crippen LogP) is 9.25. The molecule has 49 heavy (non-hydrogen) atoms. The molecule has 244 valence electrons. The van der Waals surface area contributed by atoms with Gasteiger partial charge in [-0.2, -0.15) is 0 Å².